The number of rotatable bonds is 5. The predicted molar refractivity (Wildman–Crippen MR) is 166 cm³/mol. The zero-order valence-corrected chi connectivity index (χ0v) is 26.7. The molecule has 2 saturated carbocycles. The van der Waals surface area contributed by atoms with Crippen LogP contribution in [0.25, 0.3) is 0 Å². The van der Waals surface area contributed by atoms with E-state index in [1.807, 2.05) is 6.08 Å². The van der Waals surface area contributed by atoms with Gasteiger partial charge in [0.15, 0.2) is 11.5 Å². The third-order valence-corrected chi connectivity index (χ3v) is 11.5. The molecule has 3 aliphatic carbocycles. The van der Waals surface area contributed by atoms with Crippen LogP contribution in [-0.4, -0.2) is 53.9 Å². The number of aromatic hydroxyl groups is 1. The normalized spacial score (nSPS) is 31.1. The Balaban J connectivity index is 1.38. The maximum absolute atomic E-state index is 14.6. The summed E-state index contributed by atoms with van der Waals surface area (Å²) in [6.07, 6.45) is 7.12. The molecule has 2 saturated heterocycles. The van der Waals surface area contributed by atoms with E-state index in [0.29, 0.717) is 12.0 Å². The van der Waals surface area contributed by atoms with Gasteiger partial charge in [0, 0.05) is 12.0 Å². The lowest BCUT2D eigenvalue weighted by molar-refractivity contribution is -0.144. The number of ether oxygens (including phenoxy) is 2. The molecule has 2 aromatic carbocycles. The number of phenolic OH excluding ortho intramolecular Hbond substituents is 1. The molecule has 6 unspecified atom stereocenters. The van der Waals surface area contributed by atoms with Crippen molar-refractivity contribution in [3.8, 4) is 17.2 Å². The van der Waals surface area contributed by atoms with Crippen molar-refractivity contribution < 1.29 is 38.1 Å². The number of hydrogen-bond donors (Lipinski definition) is 1. The number of carbonyl (C=O) groups excluding carboxylic acids is 4. The number of hydrogen-bond acceptors (Lipinski definition) is 7. The quantitative estimate of drug-likeness (QED) is 0.323. The van der Waals surface area contributed by atoms with E-state index >= 15 is 0 Å². The Bertz CT molecular complexity index is 1680. The summed E-state index contributed by atoms with van der Waals surface area (Å²) in [6.45, 7) is 1.75. The molecule has 11 heteroatoms. The number of benzene rings is 2. The van der Waals surface area contributed by atoms with E-state index in [0.717, 1.165) is 48.6 Å². The minimum atomic E-state index is -1.34. The minimum Gasteiger partial charge on any atom is -0.502 e. The van der Waals surface area contributed by atoms with Gasteiger partial charge in [-0.05, 0) is 74.4 Å². The second kappa shape index (κ2) is 11.1. The SMILES string of the molecule is COc1cc(C2C3=CCC4C(=O)N(C5CCCCC5)C(=O)C4C3CC3C(=O)N(c4ccc(F)c(Cl)c4)C(=O)C32C)cc(OC)c1O. The summed E-state index contributed by atoms with van der Waals surface area (Å²) < 4.78 is 25.1. The monoisotopic (exact) mass is 650 g/mol. The topological polar surface area (TPSA) is 113 Å². The van der Waals surface area contributed by atoms with E-state index in [9.17, 15) is 28.7 Å². The fourth-order valence-corrected chi connectivity index (χ4v) is 9.24. The number of anilines is 1. The minimum absolute atomic E-state index is 0.119. The van der Waals surface area contributed by atoms with Gasteiger partial charge in [-0.2, -0.15) is 0 Å². The summed E-state index contributed by atoms with van der Waals surface area (Å²) in [7, 11) is 2.81. The van der Waals surface area contributed by atoms with E-state index in [4.69, 9.17) is 21.1 Å². The Labute approximate surface area is 271 Å². The van der Waals surface area contributed by atoms with Gasteiger partial charge < -0.3 is 14.6 Å². The van der Waals surface area contributed by atoms with Gasteiger partial charge in [-0.15, -0.1) is 0 Å². The van der Waals surface area contributed by atoms with Crippen molar-refractivity contribution in [2.75, 3.05) is 19.1 Å². The number of imide groups is 2. The molecule has 242 valence electrons. The van der Waals surface area contributed by atoms with Crippen LogP contribution in [0.4, 0.5) is 10.1 Å². The molecule has 0 spiro atoms. The van der Waals surface area contributed by atoms with Crippen LogP contribution in [0.2, 0.25) is 5.02 Å². The van der Waals surface area contributed by atoms with Crippen LogP contribution in [0.1, 0.15) is 63.4 Å². The summed E-state index contributed by atoms with van der Waals surface area (Å²) >= 11 is 6.09. The molecule has 9 nitrogen and oxygen atoms in total. The molecule has 2 aliphatic heterocycles. The predicted octanol–water partition coefficient (Wildman–Crippen LogP) is 5.77. The average molecular weight is 651 g/mol. The summed E-state index contributed by atoms with van der Waals surface area (Å²) in [6, 6.07) is 6.87. The maximum Gasteiger partial charge on any atom is 0.241 e. The lowest BCUT2D eigenvalue weighted by atomic mass is 9.51. The van der Waals surface area contributed by atoms with Gasteiger partial charge in [0.25, 0.3) is 0 Å². The van der Waals surface area contributed by atoms with Gasteiger partial charge in [0.05, 0.1) is 48.1 Å². The molecule has 7 rings (SSSR count). The number of nitrogens with zero attached hydrogens (tertiary/aromatic N) is 2. The molecule has 0 bridgehead atoms. The van der Waals surface area contributed by atoms with Gasteiger partial charge in [-0.3, -0.25) is 24.1 Å². The summed E-state index contributed by atoms with van der Waals surface area (Å²) in [4.78, 5) is 59.6. The molecule has 0 radical (unpaired) electrons. The maximum atomic E-state index is 14.6. The molecule has 46 heavy (non-hydrogen) atoms. The molecule has 4 amide bonds. The first kappa shape index (κ1) is 30.7. The average Bonchev–Trinajstić information content (AvgIpc) is 3.42. The first-order valence-corrected chi connectivity index (χ1v) is 16.3. The van der Waals surface area contributed by atoms with Crippen molar-refractivity contribution in [3.63, 3.8) is 0 Å². The number of phenols is 1. The van der Waals surface area contributed by atoms with Crippen LogP contribution in [-0.2, 0) is 19.2 Å². The van der Waals surface area contributed by atoms with E-state index in [-0.39, 0.29) is 52.2 Å². The molecule has 2 heterocycles. The summed E-state index contributed by atoms with van der Waals surface area (Å²) in [5.41, 5.74) is 0.188. The van der Waals surface area contributed by atoms with E-state index in [1.165, 1.54) is 31.3 Å². The van der Waals surface area contributed by atoms with Crippen molar-refractivity contribution in [2.24, 2.45) is 29.1 Å². The largest absolute Gasteiger partial charge is 0.502 e. The molecule has 1 N–H and O–H groups in total. The molecule has 6 atom stereocenters. The van der Waals surface area contributed by atoms with Gasteiger partial charge >= 0.3 is 0 Å². The standard InChI is InChI=1S/C35H36ClFN2O7/c1-35-23(32(42)39(34(35)44)19-9-12-25(37)24(36)15-19)16-22-20(29(35)17-13-26(45-2)30(40)27(14-17)46-3)10-11-21-28(22)33(43)38(31(21)41)18-7-5-4-6-8-18/h9-10,12-15,18,21-23,28-29,40H,4-8,11,16H2,1-3H3. The number of likely N-dealkylation sites (tertiary alicyclic amines) is 1. The Morgan fingerprint density at radius 3 is 2.24 bits per heavy atom. The highest BCUT2D eigenvalue weighted by molar-refractivity contribution is 6.31. The molecule has 4 fully saturated rings. The van der Waals surface area contributed by atoms with Crippen molar-refractivity contribution in [1.29, 1.82) is 0 Å². The molecule has 0 aromatic heterocycles. The van der Waals surface area contributed by atoms with Crippen LogP contribution in [0.15, 0.2) is 42.0 Å². The third kappa shape index (κ3) is 4.25. The zero-order chi connectivity index (χ0) is 32.7. The number of carbonyl (C=O) groups is 4. The van der Waals surface area contributed by atoms with Crippen molar-refractivity contribution in [1.82, 2.24) is 4.90 Å². The number of halogens is 2. The Morgan fingerprint density at radius 2 is 1.61 bits per heavy atom. The fourth-order valence-electron chi connectivity index (χ4n) is 9.07. The lowest BCUT2D eigenvalue weighted by Crippen LogP contribution is -2.49. The highest BCUT2D eigenvalue weighted by Crippen LogP contribution is 2.64. The summed E-state index contributed by atoms with van der Waals surface area (Å²) in [5, 5.41) is 10.5. The lowest BCUT2D eigenvalue weighted by Gasteiger charge is -2.49. The zero-order valence-electron chi connectivity index (χ0n) is 25.9. The first-order chi connectivity index (χ1) is 22.0. The number of amides is 4. The van der Waals surface area contributed by atoms with Gasteiger partial charge in [0.1, 0.15) is 5.82 Å². The Hall–Kier alpha value is -3.92. The highest BCUT2D eigenvalue weighted by atomic mass is 35.5. The summed E-state index contributed by atoms with van der Waals surface area (Å²) in [5.74, 6) is -5.20. The van der Waals surface area contributed by atoms with E-state index < -0.39 is 52.6 Å². The van der Waals surface area contributed by atoms with Crippen LogP contribution in [0.5, 0.6) is 17.2 Å². The van der Waals surface area contributed by atoms with Gasteiger partial charge in [-0.1, -0.05) is 42.5 Å². The molecular weight excluding hydrogens is 615 g/mol. The fraction of sp³-hybridized carbons (Fsp3) is 0.486. The van der Waals surface area contributed by atoms with Crippen LogP contribution >= 0.6 is 11.6 Å². The number of fused-ring (bicyclic) bond motifs is 4. The molecular formula is C35H36ClFN2O7. The molecule has 5 aliphatic rings. The number of allylic oxidation sites excluding steroid dienone is 2. The van der Waals surface area contributed by atoms with Crippen molar-refractivity contribution in [2.45, 2.75) is 63.8 Å². The van der Waals surface area contributed by atoms with Crippen LogP contribution in [0.3, 0.4) is 0 Å². The number of methoxy groups -OCH3 is 2. The van der Waals surface area contributed by atoms with Gasteiger partial charge in [0.2, 0.25) is 29.4 Å². The molecule has 2 aromatic rings. The Kier molecular flexibility index (Phi) is 7.42. The smallest absolute Gasteiger partial charge is 0.241 e. The second-order valence-electron chi connectivity index (χ2n) is 13.4. The second-order valence-corrected chi connectivity index (χ2v) is 13.8. The third-order valence-electron chi connectivity index (χ3n) is 11.2. The Morgan fingerprint density at radius 1 is 0.935 bits per heavy atom. The van der Waals surface area contributed by atoms with Crippen LogP contribution < -0.4 is 14.4 Å². The van der Waals surface area contributed by atoms with Crippen molar-refractivity contribution >= 4 is 40.9 Å². The van der Waals surface area contributed by atoms with Crippen molar-refractivity contribution in [3.05, 3.63) is 58.4 Å². The van der Waals surface area contributed by atoms with E-state index in [1.54, 1.807) is 19.1 Å². The first-order valence-electron chi connectivity index (χ1n) is 15.9. The van der Waals surface area contributed by atoms with Gasteiger partial charge in [-0.25, -0.2) is 9.29 Å². The van der Waals surface area contributed by atoms with E-state index in [2.05, 4.69) is 0 Å². The highest BCUT2D eigenvalue weighted by Gasteiger charge is 2.68. The van der Waals surface area contributed by atoms with Crippen LogP contribution in [0, 0.1) is 34.9 Å².